The van der Waals surface area contributed by atoms with Crippen LogP contribution in [0.4, 0.5) is 5.00 Å². The van der Waals surface area contributed by atoms with Gasteiger partial charge in [0.25, 0.3) is 5.91 Å². The van der Waals surface area contributed by atoms with Crippen LogP contribution in [0.3, 0.4) is 0 Å². The molecule has 0 aliphatic carbocycles. The maximum atomic E-state index is 12.3. The number of nitro groups is 1. The molecule has 8 heteroatoms. The Bertz CT molecular complexity index is 552. The van der Waals surface area contributed by atoms with Crippen LogP contribution in [0.1, 0.15) is 23.5 Å². The number of nitrogens with one attached hydrogen (secondary N) is 1. The summed E-state index contributed by atoms with van der Waals surface area (Å²) < 4.78 is 0. The molecule has 1 aromatic heterocycles. The zero-order valence-corrected chi connectivity index (χ0v) is 11.3. The molecule has 0 spiro atoms. The summed E-state index contributed by atoms with van der Waals surface area (Å²) in [5.41, 5.74) is -0.950. The first kappa shape index (κ1) is 13.5. The molecule has 1 aliphatic rings. The van der Waals surface area contributed by atoms with Crippen LogP contribution < -0.4 is 5.32 Å². The smallest absolute Gasteiger partial charge is 0.324 e. The second kappa shape index (κ2) is 4.61. The summed E-state index contributed by atoms with van der Waals surface area (Å²) in [4.78, 5) is 35.9. The SMILES string of the molecule is CC1(C)C(=O)NCCN1C(=O)c1ccc([N+](=O)[O-])s1. The molecule has 0 unspecified atom stereocenters. The highest BCUT2D eigenvalue weighted by Gasteiger charge is 2.41. The van der Waals surface area contributed by atoms with Gasteiger partial charge in [0.15, 0.2) is 0 Å². The van der Waals surface area contributed by atoms with Crippen molar-refractivity contribution in [3.63, 3.8) is 0 Å². The van der Waals surface area contributed by atoms with E-state index >= 15 is 0 Å². The lowest BCUT2D eigenvalue weighted by atomic mass is 9.98. The fourth-order valence-corrected chi connectivity index (χ4v) is 2.70. The van der Waals surface area contributed by atoms with Crippen molar-refractivity contribution in [1.82, 2.24) is 10.2 Å². The Morgan fingerprint density at radius 1 is 1.53 bits per heavy atom. The number of hydrogen-bond donors (Lipinski definition) is 1. The number of carbonyl (C=O) groups is 2. The van der Waals surface area contributed by atoms with E-state index in [0.29, 0.717) is 13.1 Å². The van der Waals surface area contributed by atoms with E-state index in [1.54, 1.807) is 13.8 Å². The maximum Gasteiger partial charge on any atom is 0.324 e. The van der Waals surface area contributed by atoms with Crippen LogP contribution in [0.15, 0.2) is 12.1 Å². The Balaban J connectivity index is 2.27. The number of carbonyl (C=O) groups excluding carboxylic acids is 2. The number of nitrogens with zero attached hydrogens (tertiary/aromatic N) is 2. The highest BCUT2D eigenvalue weighted by molar-refractivity contribution is 7.17. The predicted octanol–water partition coefficient (Wildman–Crippen LogP) is 1.01. The normalized spacial score (nSPS) is 18.0. The molecular formula is C11H13N3O4S. The van der Waals surface area contributed by atoms with Gasteiger partial charge in [-0.25, -0.2) is 0 Å². The van der Waals surface area contributed by atoms with Crippen molar-refractivity contribution in [2.24, 2.45) is 0 Å². The molecule has 1 fully saturated rings. The molecule has 1 aliphatic heterocycles. The first-order chi connectivity index (χ1) is 8.84. The Hall–Kier alpha value is -1.96. The van der Waals surface area contributed by atoms with Crippen LogP contribution in [-0.4, -0.2) is 40.3 Å². The van der Waals surface area contributed by atoms with Crippen LogP contribution in [0.25, 0.3) is 0 Å². The first-order valence-electron chi connectivity index (χ1n) is 5.68. The van der Waals surface area contributed by atoms with Gasteiger partial charge >= 0.3 is 5.00 Å². The summed E-state index contributed by atoms with van der Waals surface area (Å²) in [5, 5.41) is 13.2. The van der Waals surface area contributed by atoms with Gasteiger partial charge in [0.05, 0.1) is 9.80 Å². The fraction of sp³-hybridized carbons (Fsp3) is 0.455. The summed E-state index contributed by atoms with van der Waals surface area (Å²) in [6.07, 6.45) is 0. The maximum absolute atomic E-state index is 12.3. The molecule has 0 bridgehead atoms. The average Bonchev–Trinajstić information content (AvgIpc) is 2.81. The third-order valence-electron chi connectivity index (χ3n) is 3.08. The highest BCUT2D eigenvalue weighted by Crippen LogP contribution is 2.28. The molecule has 7 nitrogen and oxygen atoms in total. The van der Waals surface area contributed by atoms with E-state index in [2.05, 4.69) is 5.32 Å². The van der Waals surface area contributed by atoms with E-state index in [1.165, 1.54) is 17.0 Å². The van der Waals surface area contributed by atoms with Gasteiger partial charge in [-0.3, -0.25) is 19.7 Å². The van der Waals surface area contributed by atoms with Gasteiger partial charge < -0.3 is 10.2 Å². The van der Waals surface area contributed by atoms with E-state index in [9.17, 15) is 19.7 Å². The summed E-state index contributed by atoms with van der Waals surface area (Å²) >= 11 is 0.823. The molecule has 0 atom stereocenters. The van der Waals surface area contributed by atoms with Gasteiger partial charge in [0.2, 0.25) is 5.91 Å². The number of hydrogen-bond acceptors (Lipinski definition) is 5. The minimum Gasteiger partial charge on any atom is -0.352 e. The van der Waals surface area contributed by atoms with Crippen molar-refractivity contribution in [2.45, 2.75) is 19.4 Å². The molecule has 19 heavy (non-hydrogen) atoms. The van der Waals surface area contributed by atoms with Gasteiger partial charge in [-0.15, -0.1) is 0 Å². The first-order valence-corrected chi connectivity index (χ1v) is 6.50. The molecule has 0 saturated carbocycles. The zero-order chi connectivity index (χ0) is 14.2. The van der Waals surface area contributed by atoms with Gasteiger partial charge in [-0.2, -0.15) is 0 Å². The fourth-order valence-electron chi connectivity index (χ4n) is 1.93. The average molecular weight is 283 g/mol. The van der Waals surface area contributed by atoms with Crippen LogP contribution in [0.2, 0.25) is 0 Å². The van der Waals surface area contributed by atoms with Crippen LogP contribution in [0.5, 0.6) is 0 Å². The summed E-state index contributed by atoms with van der Waals surface area (Å²) in [7, 11) is 0. The van der Waals surface area contributed by atoms with Crippen molar-refractivity contribution in [2.75, 3.05) is 13.1 Å². The van der Waals surface area contributed by atoms with Gasteiger partial charge in [-0.05, 0) is 19.9 Å². The molecule has 1 N–H and O–H groups in total. The zero-order valence-electron chi connectivity index (χ0n) is 10.5. The summed E-state index contributed by atoms with van der Waals surface area (Å²) in [6, 6.07) is 2.72. The van der Waals surface area contributed by atoms with E-state index in [4.69, 9.17) is 0 Å². The predicted molar refractivity (Wildman–Crippen MR) is 69.1 cm³/mol. The van der Waals surface area contributed by atoms with E-state index < -0.39 is 10.5 Å². The number of rotatable bonds is 2. The van der Waals surface area contributed by atoms with Crippen molar-refractivity contribution in [3.05, 3.63) is 27.1 Å². The Morgan fingerprint density at radius 3 is 2.79 bits per heavy atom. The number of piperazine rings is 1. The topological polar surface area (TPSA) is 92.6 Å². The molecule has 0 aromatic carbocycles. The lowest BCUT2D eigenvalue weighted by Gasteiger charge is -2.40. The summed E-state index contributed by atoms with van der Waals surface area (Å²) in [6.45, 7) is 4.09. The van der Waals surface area contributed by atoms with Crippen molar-refractivity contribution >= 4 is 28.2 Å². The minimum atomic E-state index is -0.950. The van der Waals surface area contributed by atoms with Crippen LogP contribution in [-0.2, 0) is 4.79 Å². The van der Waals surface area contributed by atoms with Crippen molar-refractivity contribution in [3.8, 4) is 0 Å². The van der Waals surface area contributed by atoms with Crippen LogP contribution >= 0.6 is 11.3 Å². The Labute approximate surface area is 113 Å². The van der Waals surface area contributed by atoms with E-state index in [1.807, 2.05) is 0 Å². The largest absolute Gasteiger partial charge is 0.352 e. The van der Waals surface area contributed by atoms with E-state index in [0.717, 1.165) is 11.3 Å². The third-order valence-corrected chi connectivity index (χ3v) is 4.10. The standard InChI is InChI=1S/C11H13N3O4S/c1-11(2)10(16)12-5-6-13(11)9(15)7-3-4-8(19-7)14(17)18/h3-4H,5-6H2,1-2H3,(H,12,16). The lowest BCUT2D eigenvalue weighted by molar-refractivity contribution is -0.380. The van der Waals surface area contributed by atoms with Crippen molar-refractivity contribution < 1.29 is 14.5 Å². The van der Waals surface area contributed by atoms with Gasteiger partial charge in [0, 0.05) is 19.2 Å². The van der Waals surface area contributed by atoms with Gasteiger partial charge in [0.1, 0.15) is 5.54 Å². The van der Waals surface area contributed by atoms with Crippen LogP contribution in [0, 0.1) is 10.1 Å². The number of amides is 2. The molecule has 2 amide bonds. The lowest BCUT2D eigenvalue weighted by Crippen LogP contribution is -2.63. The quantitative estimate of drug-likeness (QED) is 0.647. The Kier molecular flexibility index (Phi) is 3.27. The van der Waals surface area contributed by atoms with Crippen molar-refractivity contribution in [1.29, 1.82) is 0 Å². The van der Waals surface area contributed by atoms with E-state index in [-0.39, 0.29) is 21.7 Å². The molecule has 1 aromatic rings. The summed E-state index contributed by atoms with van der Waals surface area (Å²) in [5.74, 6) is -0.573. The minimum absolute atomic E-state index is 0.0809. The second-order valence-electron chi connectivity index (χ2n) is 4.67. The number of thiophene rings is 1. The molecule has 2 heterocycles. The second-order valence-corrected chi connectivity index (χ2v) is 5.73. The highest BCUT2D eigenvalue weighted by atomic mass is 32.1. The molecule has 102 valence electrons. The third kappa shape index (κ3) is 2.30. The monoisotopic (exact) mass is 283 g/mol. The van der Waals surface area contributed by atoms with Gasteiger partial charge in [-0.1, -0.05) is 11.3 Å². The molecule has 2 rings (SSSR count). The molecule has 1 saturated heterocycles. The Morgan fingerprint density at radius 2 is 2.21 bits per heavy atom. The molecule has 0 radical (unpaired) electrons. The molecular weight excluding hydrogens is 270 g/mol.